The Kier molecular flexibility index (Phi) is 4.69. The summed E-state index contributed by atoms with van der Waals surface area (Å²) in [4.78, 5) is 25.1. The number of carboxylic acid groups (broad SMARTS) is 1. The first-order valence-corrected chi connectivity index (χ1v) is 6.81. The first-order valence-electron chi connectivity index (χ1n) is 6.43. The van der Waals surface area contributed by atoms with Crippen molar-refractivity contribution in [3.05, 3.63) is 28.8 Å². The molecular weight excluding hydrogens is 298 g/mol. The number of carboxylic acids is 1. The van der Waals surface area contributed by atoms with Crippen LogP contribution in [-0.4, -0.2) is 54.3 Å². The topological polar surface area (TPSA) is 76.1 Å². The number of rotatable bonds is 3. The minimum absolute atomic E-state index is 0.00578. The van der Waals surface area contributed by atoms with Crippen LogP contribution in [0.15, 0.2) is 18.2 Å². The molecule has 7 heteroatoms. The number of amides is 1. The van der Waals surface area contributed by atoms with Crippen molar-refractivity contribution in [3.8, 4) is 5.75 Å². The van der Waals surface area contributed by atoms with Gasteiger partial charge in [0.25, 0.3) is 5.91 Å². The molecule has 0 aliphatic carbocycles. The normalized spacial score (nSPS) is 22.0. The Balaban J connectivity index is 2.26. The molecule has 1 amide bonds. The van der Waals surface area contributed by atoms with Crippen LogP contribution in [0.5, 0.6) is 5.75 Å². The summed E-state index contributed by atoms with van der Waals surface area (Å²) in [7, 11) is 1.46. The monoisotopic (exact) mass is 313 g/mol. The number of benzene rings is 1. The second-order valence-corrected chi connectivity index (χ2v) is 5.26. The number of hydrogen-bond acceptors (Lipinski definition) is 4. The zero-order chi connectivity index (χ0) is 15.6. The highest BCUT2D eigenvalue weighted by Crippen LogP contribution is 2.25. The van der Waals surface area contributed by atoms with E-state index in [0.29, 0.717) is 22.9 Å². The van der Waals surface area contributed by atoms with E-state index in [1.54, 1.807) is 19.1 Å². The van der Waals surface area contributed by atoms with Gasteiger partial charge in [-0.1, -0.05) is 11.6 Å². The molecule has 1 aromatic carbocycles. The van der Waals surface area contributed by atoms with E-state index in [4.69, 9.17) is 26.2 Å². The maximum atomic E-state index is 12.6. The number of carbonyl (C=O) groups is 2. The molecule has 0 radical (unpaired) electrons. The van der Waals surface area contributed by atoms with Crippen LogP contribution >= 0.6 is 11.6 Å². The van der Waals surface area contributed by atoms with E-state index in [1.807, 2.05) is 0 Å². The van der Waals surface area contributed by atoms with Crippen molar-refractivity contribution in [2.75, 3.05) is 20.2 Å². The van der Waals surface area contributed by atoms with Gasteiger partial charge in [0.05, 0.1) is 25.3 Å². The molecule has 1 aliphatic rings. The molecule has 21 heavy (non-hydrogen) atoms. The number of halogens is 1. The van der Waals surface area contributed by atoms with Crippen LogP contribution in [0.3, 0.4) is 0 Å². The molecule has 6 nitrogen and oxygen atoms in total. The number of ether oxygens (including phenoxy) is 2. The van der Waals surface area contributed by atoms with Crippen molar-refractivity contribution >= 4 is 23.5 Å². The van der Waals surface area contributed by atoms with Crippen LogP contribution in [0, 0.1) is 0 Å². The van der Waals surface area contributed by atoms with Gasteiger partial charge in [0.2, 0.25) is 0 Å². The predicted octanol–water partition coefficient (Wildman–Crippen LogP) is 1.66. The third-order valence-corrected chi connectivity index (χ3v) is 3.45. The summed E-state index contributed by atoms with van der Waals surface area (Å²) < 4.78 is 10.5. The standard InChI is InChI=1S/C14H16ClNO5/c1-8-6-16(7-12(21-8)14(18)19)13(17)10-5-9(15)3-4-11(10)20-2/h3-5,8,12H,6-7H2,1-2H3,(H,18,19)/t8-,12?/m1/s1. The molecule has 0 aromatic heterocycles. The number of methoxy groups -OCH3 is 1. The van der Waals surface area contributed by atoms with Gasteiger partial charge in [-0.2, -0.15) is 0 Å². The fraction of sp³-hybridized carbons (Fsp3) is 0.429. The van der Waals surface area contributed by atoms with Crippen LogP contribution < -0.4 is 4.74 Å². The van der Waals surface area contributed by atoms with Gasteiger partial charge < -0.3 is 19.5 Å². The van der Waals surface area contributed by atoms with E-state index in [0.717, 1.165) is 0 Å². The van der Waals surface area contributed by atoms with Crippen molar-refractivity contribution in [1.29, 1.82) is 0 Å². The minimum atomic E-state index is -1.09. The number of hydrogen-bond donors (Lipinski definition) is 1. The minimum Gasteiger partial charge on any atom is -0.496 e. The average Bonchev–Trinajstić information content (AvgIpc) is 2.45. The summed E-state index contributed by atoms with van der Waals surface area (Å²) >= 11 is 5.92. The molecule has 2 rings (SSSR count). The summed E-state index contributed by atoms with van der Waals surface area (Å²) in [5.74, 6) is -1.01. The van der Waals surface area contributed by atoms with Gasteiger partial charge in [-0.25, -0.2) is 4.79 Å². The molecule has 0 bridgehead atoms. The third kappa shape index (κ3) is 3.46. The van der Waals surface area contributed by atoms with Crippen LogP contribution in [0.2, 0.25) is 5.02 Å². The molecule has 2 atom stereocenters. The van der Waals surface area contributed by atoms with Crippen molar-refractivity contribution in [1.82, 2.24) is 4.90 Å². The predicted molar refractivity (Wildman–Crippen MR) is 75.9 cm³/mol. The van der Waals surface area contributed by atoms with Crippen molar-refractivity contribution in [2.24, 2.45) is 0 Å². The SMILES string of the molecule is COc1ccc(Cl)cc1C(=O)N1CC(C(=O)O)O[C@H](C)C1. The summed E-state index contributed by atoms with van der Waals surface area (Å²) in [6.45, 7) is 2.04. The molecule has 1 unspecified atom stereocenters. The van der Waals surface area contributed by atoms with Crippen LogP contribution in [-0.2, 0) is 9.53 Å². The Morgan fingerprint density at radius 2 is 2.14 bits per heavy atom. The molecule has 0 saturated carbocycles. The molecule has 1 fully saturated rings. The second kappa shape index (κ2) is 6.32. The lowest BCUT2D eigenvalue weighted by molar-refractivity contribution is -0.160. The van der Waals surface area contributed by atoms with Crippen LogP contribution in [0.4, 0.5) is 0 Å². The molecule has 114 valence electrons. The average molecular weight is 314 g/mol. The van der Waals surface area contributed by atoms with Crippen LogP contribution in [0.1, 0.15) is 17.3 Å². The lowest BCUT2D eigenvalue weighted by Crippen LogP contribution is -2.51. The van der Waals surface area contributed by atoms with E-state index in [-0.39, 0.29) is 18.6 Å². The quantitative estimate of drug-likeness (QED) is 0.918. The number of carbonyl (C=O) groups excluding carboxylic acids is 1. The Morgan fingerprint density at radius 1 is 1.43 bits per heavy atom. The van der Waals surface area contributed by atoms with Gasteiger partial charge >= 0.3 is 5.97 Å². The van der Waals surface area contributed by atoms with Gasteiger partial charge in [-0.15, -0.1) is 0 Å². The number of morpholine rings is 1. The zero-order valence-corrected chi connectivity index (χ0v) is 12.5. The van der Waals surface area contributed by atoms with E-state index in [1.165, 1.54) is 18.1 Å². The third-order valence-electron chi connectivity index (χ3n) is 3.21. The Labute approximate surface area is 127 Å². The summed E-state index contributed by atoms with van der Waals surface area (Å²) in [5, 5.41) is 9.47. The van der Waals surface area contributed by atoms with Crippen molar-refractivity contribution in [3.63, 3.8) is 0 Å². The lowest BCUT2D eigenvalue weighted by Gasteiger charge is -2.35. The van der Waals surface area contributed by atoms with Crippen molar-refractivity contribution in [2.45, 2.75) is 19.1 Å². The molecule has 1 aromatic rings. The summed E-state index contributed by atoms with van der Waals surface area (Å²) in [6, 6.07) is 4.74. The summed E-state index contributed by atoms with van der Waals surface area (Å²) in [5.41, 5.74) is 0.309. The van der Waals surface area contributed by atoms with E-state index < -0.39 is 12.1 Å². The molecular formula is C14H16ClNO5. The smallest absolute Gasteiger partial charge is 0.334 e. The number of nitrogens with zero attached hydrogens (tertiary/aromatic N) is 1. The fourth-order valence-corrected chi connectivity index (χ4v) is 2.44. The van der Waals surface area contributed by atoms with Gasteiger partial charge in [0, 0.05) is 11.6 Å². The molecule has 1 heterocycles. The lowest BCUT2D eigenvalue weighted by atomic mass is 10.1. The van der Waals surface area contributed by atoms with Gasteiger partial charge in [0.15, 0.2) is 6.10 Å². The highest BCUT2D eigenvalue weighted by atomic mass is 35.5. The van der Waals surface area contributed by atoms with Gasteiger partial charge in [-0.05, 0) is 25.1 Å². The zero-order valence-electron chi connectivity index (χ0n) is 11.7. The highest BCUT2D eigenvalue weighted by Gasteiger charge is 2.33. The van der Waals surface area contributed by atoms with Gasteiger partial charge in [-0.3, -0.25) is 4.79 Å². The van der Waals surface area contributed by atoms with E-state index in [2.05, 4.69) is 0 Å². The fourth-order valence-electron chi connectivity index (χ4n) is 2.27. The Bertz CT molecular complexity index is 562. The van der Waals surface area contributed by atoms with Crippen molar-refractivity contribution < 1.29 is 24.2 Å². The maximum absolute atomic E-state index is 12.6. The Hall–Kier alpha value is -1.79. The summed E-state index contributed by atoms with van der Waals surface area (Å²) in [6.07, 6.45) is -1.38. The molecule has 0 spiro atoms. The second-order valence-electron chi connectivity index (χ2n) is 4.83. The largest absolute Gasteiger partial charge is 0.496 e. The molecule has 1 saturated heterocycles. The molecule has 1 N–H and O–H groups in total. The van der Waals surface area contributed by atoms with Crippen LogP contribution in [0.25, 0.3) is 0 Å². The highest BCUT2D eigenvalue weighted by molar-refractivity contribution is 6.31. The van der Waals surface area contributed by atoms with E-state index in [9.17, 15) is 9.59 Å². The molecule has 1 aliphatic heterocycles. The Morgan fingerprint density at radius 3 is 2.76 bits per heavy atom. The first-order chi connectivity index (χ1) is 9.92. The van der Waals surface area contributed by atoms with Gasteiger partial charge in [0.1, 0.15) is 5.75 Å². The maximum Gasteiger partial charge on any atom is 0.334 e. The van der Waals surface area contributed by atoms with E-state index >= 15 is 0 Å². The first kappa shape index (κ1) is 15.6. The number of aliphatic carboxylic acids is 1.